The lowest BCUT2D eigenvalue weighted by atomic mass is 10.1. The van der Waals surface area contributed by atoms with E-state index in [2.05, 4.69) is 20.9 Å². The number of aliphatic hydroxyl groups excluding tert-OH is 1. The number of halogens is 1. The van der Waals surface area contributed by atoms with Crippen LogP contribution < -0.4 is 10.6 Å². The van der Waals surface area contributed by atoms with Crippen LogP contribution in [0.2, 0.25) is 0 Å². The Morgan fingerprint density at radius 1 is 1.36 bits per heavy atom. The molecule has 0 aliphatic carbocycles. The van der Waals surface area contributed by atoms with E-state index in [0.29, 0.717) is 29.5 Å². The Morgan fingerprint density at radius 3 is 2.75 bits per heavy atom. The molecule has 0 aliphatic heterocycles. The maximum absolute atomic E-state index is 13.2. The quantitative estimate of drug-likeness (QED) is 0.574. The van der Waals surface area contributed by atoms with Gasteiger partial charge in [0.05, 0.1) is 6.61 Å². The lowest BCUT2D eigenvalue weighted by Gasteiger charge is -2.10. The van der Waals surface area contributed by atoms with Crippen LogP contribution in [0.25, 0.3) is 11.3 Å². The summed E-state index contributed by atoms with van der Waals surface area (Å²) in [6, 6.07) is 7.29. The topological polar surface area (TPSA) is 105 Å². The van der Waals surface area contributed by atoms with E-state index in [-0.39, 0.29) is 24.4 Å². The molecule has 0 radical (unpaired) electrons. The molecule has 28 heavy (non-hydrogen) atoms. The second-order valence-electron chi connectivity index (χ2n) is 6.52. The van der Waals surface area contributed by atoms with Crippen LogP contribution in [0.3, 0.4) is 0 Å². The van der Waals surface area contributed by atoms with Crippen molar-refractivity contribution in [3.63, 3.8) is 0 Å². The number of aliphatic hydroxyl groups is 1. The number of amides is 1. The first-order valence-corrected chi connectivity index (χ1v) is 8.79. The van der Waals surface area contributed by atoms with Crippen molar-refractivity contribution in [2.75, 3.05) is 11.9 Å². The molecule has 3 rings (SSSR count). The van der Waals surface area contributed by atoms with Gasteiger partial charge < -0.3 is 20.3 Å². The van der Waals surface area contributed by atoms with Crippen molar-refractivity contribution < 1.29 is 18.8 Å². The zero-order chi connectivity index (χ0) is 20.3. The third-order valence-electron chi connectivity index (χ3n) is 4.31. The Hall–Kier alpha value is -3.20. The first-order chi connectivity index (χ1) is 13.4. The molecule has 3 aromatic rings. The first-order valence-electron chi connectivity index (χ1n) is 8.79. The van der Waals surface area contributed by atoms with E-state index in [1.54, 1.807) is 39.1 Å². The van der Waals surface area contributed by atoms with E-state index in [4.69, 9.17) is 9.63 Å². The summed E-state index contributed by atoms with van der Waals surface area (Å²) in [5.74, 6) is 0.503. The number of rotatable bonds is 7. The number of hydrogen-bond acceptors (Lipinski definition) is 6. The van der Waals surface area contributed by atoms with Crippen LogP contribution in [-0.2, 0) is 13.6 Å². The van der Waals surface area contributed by atoms with Gasteiger partial charge in [0.2, 0.25) is 0 Å². The number of hydrogen-bond donors (Lipinski definition) is 3. The highest BCUT2D eigenvalue weighted by molar-refractivity contribution is 5.93. The van der Waals surface area contributed by atoms with Crippen molar-refractivity contribution in [2.45, 2.75) is 26.4 Å². The van der Waals surface area contributed by atoms with Gasteiger partial charge in [-0.2, -0.15) is 5.10 Å². The number of nitrogens with one attached hydrogen (secondary N) is 2. The second-order valence-corrected chi connectivity index (χ2v) is 6.52. The first kappa shape index (κ1) is 19.6. The normalized spacial score (nSPS) is 12.0. The molecular formula is C19H22FN5O3. The molecule has 0 aliphatic rings. The summed E-state index contributed by atoms with van der Waals surface area (Å²) < 4.78 is 19.9. The fourth-order valence-corrected chi connectivity index (χ4v) is 2.72. The Kier molecular flexibility index (Phi) is 5.74. The summed E-state index contributed by atoms with van der Waals surface area (Å²) >= 11 is 0. The molecule has 0 saturated heterocycles. The zero-order valence-electron chi connectivity index (χ0n) is 15.9. The van der Waals surface area contributed by atoms with Crippen LogP contribution in [0.1, 0.15) is 28.7 Å². The van der Waals surface area contributed by atoms with Gasteiger partial charge in [-0.25, -0.2) is 4.39 Å². The van der Waals surface area contributed by atoms with Crippen LogP contribution in [0, 0.1) is 12.7 Å². The standard InChI is InChI=1S/C19H22FN5O3/c1-11(10-26)22-19(27)16-8-17(23-25(16)3)21-9-15-12(2)28-24-18(15)13-4-6-14(20)7-5-13/h4-8,11,26H,9-10H2,1-3H3,(H,21,23)(H,22,27). The summed E-state index contributed by atoms with van der Waals surface area (Å²) in [6.45, 7) is 3.73. The smallest absolute Gasteiger partial charge is 0.269 e. The maximum atomic E-state index is 13.2. The Labute approximate surface area is 161 Å². The number of aromatic nitrogens is 3. The SMILES string of the molecule is Cc1onc(-c2ccc(F)cc2)c1CNc1cc(C(=O)NC(C)CO)n(C)n1. The third-order valence-corrected chi connectivity index (χ3v) is 4.31. The van der Waals surface area contributed by atoms with Crippen molar-refractivity contribution in [3.05, 3.63) is 53.2 Å². The lowest BCUT2D eigenvalue weighted by molar-refractivity contribution is 0.0912. The molecule has 0 spiro atoms. The molecular weight excluding hydrogens is 365 g/mol. The number of nitrogens with zero attached hydrogens (tertiary/aromatic N) is 3. The minimum absolute atomic E-state index is 0.145. The minimum Gasteiger partial charge on any atom is -0.394 e. The number of aryl methyl sites for hydroxylation is 2. The lowest BCUT2D eigenvalue weighted by Crippen LogP contribution is -2.36. The summed E-state index contributed by atoms with van der Waals surface area (Å²) in [5.41, 5.74) is 2.55. The van der Waals surface area contributed by atoms with Gasteiger partial charge in [-0.05, 0) is 38.1 Å². The molecule has 0 bridgehead atoms. The van der Waals surface area contributed by atoms with Crippen LogP contribution in [0.5, 0.6) is 0 Å². The molecule has 8 nitrogen and oxygen atoms in total. The molecule has 1 amide bonds. The van der Waals surface area contributed by atoms with E-state index in [0.717, 1.165) is 11.1 Å². The van der Waals surface area contributed by atoms with E-state index < -0.39 is 0 Å². The Balaban J connectivity index is 1.75. The summed E-state index contributed by atoms with van der Waals surface area (Å²) in [6.07, 6.45) is 0. The third kappa shape index (κ3) is 4.20. The van der Waals surface area contributed by atoms with Gasteiger partial charge in [-0.3, -0.25) is 9.48 Å². The van der Waals surface area contributed by atoms with Crippen LogP contribution in [-0.4, -0.2) is 38.6 Å². The number of carbonyl (C=O) groups is 1. The van der Waals surface area contributed by atoms with E-state index in [9.17, 15) is 9.18 Å². The van der Waals surface area contributed by atoms with E-state index in [1.165, 1.54) is 16.8 Å². The molecule has 2 aromatic heterocycles. The van der Waals surface area contributed by atoms with Crippen molar-refractivity contribution >= 4 is 11.7 Å². The Morgan fingerprint density at radius 2 is 2.07 bits per heavy atom. The fourth-order valence-electron chi connectivity index (χ4n) is 2.72. The largest absolute Gasteiger partial charge is 0.394 e. The molecule has 9 heteroatoms. The maximum Gasteiger partial charge on any atom is 0.269 e. The van der Waals surface area contributed by atoms with Gasteiger partial charge in [-0.1, -0.05) is 5.16 Å². The number of anilines is 1. The van der Waals surface area contributed by atoms with E-state index in [1.807, 2.05) is 0 Å². The Bertz CT molecular complexity index is 965. The molecule has 2 heterocycles. The number of benzene rings is 1. The van der Waals surface area contributed by atoms with Gasteiger partial charge in [0.1, 0.15) is 28.8 Å². The molecule has 1 unspecified atom stereocenters. The van der Waals surface area contributed by atoms with Gasteiger partial charge in [-0.15, -0.1) is 0 Å². The van der Waals surface area contributed by atoms with Crippen LogP contribution >= 0.6 is 0 Å². The van der Waals surface area contributed by atoms with Gasteiger partial charge in [0, 0.05) is 36.8 Å². The molecule has 0 saturated carbocycles. The predicted octanol–water partition coefficient (Wildman–Crippen LogP) is 2.25. The zero-order valence-corrected chi connectivity index (χ0v) is 15.9. The minimum atomic E-state index is -0.350. The summed E-state index contributed by atoms with van der Waals surface area (Å²) in [4.78, 5) is 12.2. The van der Waals surface area contributed by atoms with Gasteiger partial charge in [0.15, 0.2) is 0 Å². The fraction of sp³-hybridized carbons (Fsp3) is 0.316. The highest BCUT2D eigenvalue weighted by Gasteiger charge is 2.18. The number of carbonyl (C=O) groups excluding carboxylic acids is 1. The van der Waals surface area contributed by atoms with Crippen molar-refractivity contribution in [1.29, 1.82) is 0 Å². The summed E-state index contributed by atoms with van der Waals surface area (Å²) in [5, 5.41) is 23.3. The summed E-state index contributed by atoms with van der Waals surface area (Å²) in [7, 11) is 1.66. The molecule has 1 aromatic carbocycles. The highest BCUT2D eigenvalue weighted by Crippen LogP contribution is 2.26. The molecule has 3 N–H and O–H groups in total. The van der Waals surface area contributed by atoms with Gasteiger partial charge in [0.25, 0.3) is 5.91 Å². The van der Waals surface area contributed by atoms with Crippen molar-refractivity contribution in [1.82, 2.24) is 20.3 Å². The van der Waals surface area contributed by atoms with Crippen LogP contribution in [0.4, 0.5) is 10.2 Å². The molecule has 148 valence electrons. The van der Waals surface area contributed by atoms with E-state index >= 15 is 0 Å². The second kappa shape index (κ2) is 8.22. The monoisotopic (exact) mass is 387 g/mol. The average molecular weight is 387 g/mol. The van der Waals surface area contributed by atoms with Gasteiger partial charge >= 0.3 is 0 Å². The van der Waals surface area contributed by atoms with Crippen molar-refractivity contribution in [2.24, 2.45) is 7.05 Å². The van der Waals surface area contributed by atoms with Crippen molar-refractivity contribution in [3.8, 4) is 11.3 Å². The predicted molar refractivity (Wildman–Crippen MR) is 101 cm³/mol. The van der Waals surface area contributed by atoms with Crippen LogP contribution in [0.15, 0.2) is 34.9 Å². The highest BCUT2D eigenvalue weighted by atomic mass is 19.1. The molecule has 1 atom stereocenters. The average Bonchev–Trinajstić information content (AvgIpc) is 3.23. The molecule has 0 fully saturated rings.